The highest BCUT2D eigenvalue weighted by Crippen LogP contribution is 1.93. The molecule has 6 nitrogen and oxygen atoms in total. The molecule has 1 aromatic heterocycles. The quantitative estimate of drug-likeness (QED) is 0.324. The van der Waals surface area contributed by atoms with E-state index in [9.17, 15) is 4.79 Å². The van der Waals surface area contributed by atoms with Crippen molar-refractivity contribution in [2.75, 3.05) is 0 Å². The average Bonchev–Trinajstić information content (AvgIpc) is 2.14. The van der Waals surface area contributed by atoms with Crippen LogP contribution >= 0.6 is 0 Å². The third-order valence-corrected chi connectivity index (χ3v) is 1.39. The largest absolute Gasteiger partial charge is 0.331 e. The lowest BCUT2D eigenvalue weighted by atomic mass is 10.4. The zero-order valence-corrected chi connectivity index (χ0v) is 7.24. The maximum Gasteiger partial charge on any atom is 0.329 e. The monoisotopic (exact) mass is 181 g/mol. The van der Waals surface area contributed by atoms with Crippen molar-refractivity contribution in [2.45, 2.75) is 13.5 Å². The number of amides is 2. The zero-order valence-electron chi connectivity index (χ0n) is 7.24. The summed E-state index contributed by atoms with van der Waals surface area (Å²) in [7, 11) is 0. The molecule has 1 heterocycles. The van der Waals surface area contributed by atoms with E-state index in [4.69, 9.17) is 5.84 Å². The van der Waals surface area contributed by atoms with Gasteiger partial charge in [0.15, 0.2) is 0 Å². The Morgan fingerprint density at radius 1 is 1.69 bits per heavy atom. The number of hydrogen-bond acceptors (Lipinski definition) is 4. The van der Waals surface area contributed by atoms with Crippen molar-refractivity contribution in [3.63, 3.8) is 0 Å². The number of nitrogens with one attached hydrogen (secondary N) is 2. The van der Waals surface area contributed by atoms with Crippen molar-refractivity contribution in [1.29, 1.82) is 0 Å². The molecule has 6 heteroatoms. The molecule has 0 fully saturated rings. The molecule has 0 aromatic carbocycles. The molecule has 0 saturated heterocycles. The minimum absolute atomic E-state index is 0.340. The van der Waals surface area contributed by atoms with E-state index in [0.29, 0.717) is 12.4 Å². The number of hydrazine groups is 1. The maximum absolute atomic E-state index is 10.7. The van der Waals surface area contributed by atoms with Crippen LogP contribution in [0, 0.1) is 6.92 Å². The second-order valence-corrected chi connectivity index (χ2v) is 2.42. The van der Waals surface area contributed by atoms with Crippen LogP contribution in [0.2, 0.25) is 0 Å². The summed E-state index contributed by atoms with van der Waals surface area (Å²) in [5, 5.41) is 2.51. The number of carbonyl (C=O) groups excluding carboxylic acids is 1. The molecule has 0 aliphatic carbocycles. The molecule has 0 bridgehead atoms. The van der Waals surface area contributed by atoms with Crippen LogP contribution in [0.4, 0.5) is 4.79 Å². The van der Waals surface area contributed by atoms with Gasteiger partial charge in [-0.25, -0.2) is 20.6 Å². The fourth-order valence-electron chi connectivity index (χ4n) is 0.825. The van der Waals surface area contributed by atoms with E-state index in [0.717, 1.165) is 5.69 Å². The average molecular weight is 181 g/mol. The highest BCUT2D eigenvalue weighted by atomic mass is 16.2. The van der Waals surface area contributed by atoms with Gasteiger partial charge in [0.1, 0.15) is 5.82 Å². The number of nitrogens with two attached hydrogens (primary N) is 1. The van der Waals surface area contributed by atoms with Crippen LogP contribution in [-0.2, 0) is 6.54 Å². The van der Waals surface area contributed by atoms with Gasteiger partial charge in [-0.15, -0.1) is 0 Å². The summed E-state index contributed by atoms with van der Waals surface area (Å²) in [6, 6.07) is 1.29. The van der Waals surface area contributed by atoms with Crippen molar-refractivity contribution in [1.82, 2.24) is 20.7 Å². The van der Waals surface area contributed by atoms with E-state index in [1.807, 2.05) is 5.43 Å². The highest BCUT2D eigenvalue weighted by molar-refractivity contribution is 5.72. The van der Waals surface area contributed by atoms with Gasteiger partial charge in [-0.2, -0.15) is 0 Å². The van der Waals surface area contributed by atoms with E-state index in [1.165, 1.54) is 0 Å². The summed E-state index contributed by atoms with van der Waals surface area (Å²) in [5.74, 6) is 5.54. The summed E-state index contributed by atoms with van der Waals surface area (Å²) in [6.07, 6.45) is 1.64. The topological polar surface area (TPSA) is 92.9 Å². The van der Waals surface area contributed by atoms with E-state index in [-0.39, 0.29) is 0 Å². The zero-order chi connectivity index (χ0) is 9.68. The van der Waals surface area contributed by atoms with E-state index in [2.05, 4.69) is 15.3 Å². The highest BCUT2D eigenvalue weighted by Gasteiger charge is 1.98. The van der Waals surface area contributed by atoms with Crippen molar-refractivity contribution in [2.24, 2.45) is 5.84 Å². The Hall–Kier alpha value is -1.69. The first-order valence-corrected chi connectivity index (χ1v) is 3.75. The smallest absolute Gasteiger partial charge is 0.329 e. The van der Waals surface area contributed by atoms with Crippen LogP contribution in [0.3, 0.4) is 0 Å². The normalized spacial score (nSPS) is 9.38. The number of hydrogen-bond donors (Lipinski definition) is 3. The molecule has 13 heavy (non-hydrogen) atoms. The standard InChI is InChI=1S/C7H11N5O/c1-5-9-3-2-6(11-5)4-10-7(13)12-8/h2-3H,4,8H2,1H3,(H2,10,12,13). The predicted octanol–water partition coefficient (Wildman–Crippen LogP) is -0.542. The Balaban J connectivity index is 2.50. The Labute approximate surface area is 75.5 Å². The second kappa shape index (κ2) is 4.36. The van der Waals surface area contributed by atoms with Gasteiger partial charge in [-0.05, 0) is 13.0 Å². The number of nitrogens with zero attached hydrogens (tertiary/aromatic N) is 2. The molecule has 70 valence electrons. The molecule has 1 rings (SSSR count). The van der Waals surface area contributed by atoms with Crippen LogP contribution < -0.4 is 16.6 Å². The van der Waals surface area contributed by atoms with Crippen molar-refractivity contribution < 1.29 is 4.79 Å². The number of carbonyl (C=O) groups is 1. The van der Waals surface area contributed by atoms with E-state index < -0.39 is 6.03 Å². The predicted molar refractivity (Wildman–Crippen MR) is 46.3 cm³/mol. The van der Waals surface area contributed by atoms with Gasteiger partial charge < -0.3 is 5.32 Å². The van der Waals surface area contributed by atoms with Gasteiger partial charge in [0, 0.05) is 6.20 Å². The molecule has 1 aromatic rings. The van der Waals surface area contributed by atoms with Gasteiger partial charge in [0.2, 0.25) is 0 Å². The van der Waals surface area contributed by atoms with Gasteiger partial charge in [0.05, 0.1) is 12.2 Å². The number of aromatic nitrogens is 2. The molecule has 0 aliphatic rings. The molecule has 0 unspecified atom stereocenters. The van der Waals surface area contributed by atoms with E-state index in [1.54, 1.807) is 19.2 Å². The Bertz CT molecular complexity index is 301. The maximum atomic E-state index is 10.7. The van der Waals surface area contributed by atoms with Crippen molar-refractivity contribution in [3.8, 4) is 0 Å². The van der Waals surface area contributed by atoms with Crippen LogP contribution in [0.15, 0.2) is 12.3 Å². The van der Waals surface area contributed by atoms with Gasteiger partial charge in [0.25, 0.3) is 0 Å². The fraction of sp³-hybridized carbons (Fsp3) is 0.286. The number of aryl methyl sites for hydroxylation is 1. The van der Waals surface area contributed by atoms with Crippen LogP contribution in [0.25, 0.3) is 0 Å². The summed E-state index contributed by atoms with van der Waals surface area (Å²) < 4.78 is 0. The lowest BCUT2D eigenvalue weighted by molar-refractivity contribution is 0.240. The van der Waals surface area contributed by atoms with Crippen LogP contribution in [0.1, 0.15) is 11.5 Å². The van der Waals surface area contributed by atoms with E-state index >= 15 is 0 Å². The first kappa shape index (κ1) is 9.40. The molecular weight excluding hydrogens is 170 g/mol. The minimum Gasteiger partial charge on any atom is -0.331 e. The lowest BCUT2D eigenvalue weighted by Gasteiger charge is -2.03. The fourth-order valence-corrected chi connectivity index (χ4v) is 0.825. The van der Waals surface area contributed by atoms with Crippen molar-refractivity contribution >= 4 is 6.03 Å². The summed E-state index contributed by atoms with van der Waals surface area (Å²) in [4.78, 5) is 18.7. The Kier molecular flexibility index (Phi) is 3.15. The summed E-state index contributed by atoms with van der Waals surface area (Å²) in [6.45, 7) is 2.12. The first-order valence-electron chi connectivity index (χ1n) is 3.75. The van der Waals surface area contributed by atoms with Crippen molar-refractivity contribution in [3.05, 3.63) is 23.8 Å². The number of rotatable bonds is 2. The van der Waals surface area contributed by atoms with Gasteiger partial charge in [-0.3, -0.25) is 5.43 Å². The molecular formula is C7H11N5O. The first-order chi connectivity index (χ1) is 6.22. The molecule has 4 N–H and O–H groups in total. The molecule has 0 aliphatic heterocycles. The summed E-state index contributed by atoms with van der Waals surface area (Å²) in [5.41, 5.74) is 2.70. The lowest BCUT2D eigenvalue weighted by Crippen LogP contribution is -2.39. The Morgan fingerprint density at radius 2 is 2.46 bits per heavy atom. The molecule has 0 spiro atoms. The molecule has 0 atom stereocenters. The van der Waals surface area contributed by atoms with Gasteiger partial charge >= 0.3 is 6.03 Å². The SMILES string of the molecule is Cc1nccc(CNC(=O)NN)n1. The molecule has 0 radical (unpaired) electrons. The van der Waals surface area contributed by atoms with Gasteiger partial charge in [-0.1, -0.05) is 0 Å². The molecule has 0 saturated carbocycles. The number of urea groups is 1. The van der Waals surface area contributed by atoms with Crippen LogP contribution in [0.5, 0.6) is 0 Å². The third-order valence-electron chi connectivity index (χ3n) is 1.39. The minimum atomic E-state index is -0.434. The van der Waals surface area contributed by atoms with Crippen LogP contribution in [-0.4, -0.2) is 16.0 Å². The summed E-state index contributed by atoms with van der Waals surface area (Å²) >= 11 is 0. The third kappa shape index (κ3) is 3.04. The second-order valence-electron chi connectivity index (χ2n) is 2.42. The molecule has 2 amide bonds. The Morgan fingerprint density at radius 3 is 3.08 bits per heavy atom.